The summed E-state index contributed by atoms with van der Waals surface area (Å²) in [7, 11) is 0. The molecule has 3 heterocycles. The number of carbonyl (C=O) groups excluding carboxylic acids is 1. The number of nitrogens with one attached hydrogen (secondary N) is 1. The van der Waals surface area contributed by atoms with Crippen LogP contribution in [0.2, 0.25) is 0 Å². The van der Waals surface area contributed by atoms with E-state index in [1.54, 1.807) is 0 Å². The second-order valence-electron chi connectivity index (χ2n) is 7.37. The van der Waals surface area contributed by atoms with Crippen molar-refractivity contribution in [3.05, 3.63) is 35.5 Å². The average molecular weight is 356 g/mol. The summed E-state index contributed by atoms with van der Waals surface area (Å²) in [5.74, 6) is -0.897. The van der Waals surface area contributed by atoms with E-state index < -0.39 is 11.9 Å². The van der Waals surface area contributed by atoms with Crippen molar-refractivity contribution >= 4 is 22.8 Å². The fourth-order valence-electron chi connectivity index (χ4n) is 4.48. The zero-order valence-electron chi connectivity index (χ0n) is 14.9. The maximum absolute atomic E-state index is 13.1. The minimum Gasteiger partial charge on any atom is -0.481 e. The highest BCUT2D eigenvalue weighted by Crippen LogP contribution is 2.34. The Morgan fingerprint density at radius 3 is 2.65 bits per heavy atom. The number of carboxylic acid groups (broad SMARTS) is 1. The van der Waals surface area contributed by atoms with E-state index in [9.17, 15) is 14.7 Å². The molecule has 6 nitrogen and oxygen atoms in total. The zero-order valence-corrected chi connectivity index (χ0v) is 14.9. The summed E-state index contributed by atoms with van der Waals surface area (Å²) < 4.78 is 5.72. The Kier molecular flexibility index (Phi) is 4.44. The normalized spacial score (nSPS) is 24.3. The molecule has 2 atom stereocenters. The van der Waals surface area contributed by atoms with E-state index in [1.165, 1.54) is 0 Å². The molecule has 0 saturated carbocycles. The van der Waals surface area contributed by atoms with Gasteiger partial charge in [0.15, 0.2) is 0 Å². The molecule has 1 unspecified atom stereocenters. The number of amides is 1. The molecular formula is C20H24N2O4. The highest BCUT2D eigenvalue weighted by Gasteiger charge is 2.41. The van der Waals surface area contributed by atoms with Gasteiger partial charge in [0.25, 0.3) is 5.91 Å². The van der Waals surface area contributed by atoms with Crippen LogP contribution in [0.15, 0.2) is 24.3 Å². The van der Waals surface area contributed by atoms with Crippen LogP contribution in [0.5, 0.6) is 0 Å². The van der Waals surface area contributed by atoms with E-state index in [1.807, 2.05) is 36.1 Å². The minimum absolute atomic E-state index is 0.0560. The van der Waals surface area contributed by atoms with Crippen molar-refractivity contribution < 1.29 is 19.4 Å². The number of aryl methyl sites for hydroxylation is 1. The van der Waals surface area contributed by atoms with Crippen molar-refractivity contribution in [2.45, 2.75) is 32.3 Å². The molecule has 2 saturated heterocycles. The van der Waals surface area contributed by atoms with Gasteiger partial charge in [-0.3, -0.25) is 9.59 Å². The number of carbonyl (C=O) groups is 2. The van der Waals surface area contributed by atoms with Crippen molar-refractivity contribution in [1.29, 1.82) is 0 Å². The first-order valence-corrected chi connectivity index (χ1v) is 9.27. The minimum atomic E-state index is -0.763. The van der Waals surface area contributed by atoms with Gasteiger partial charge in [0, 0.05) is 36.3 Å². The van der Waals surface area contributed by atoms with Crippen molar-refractivity contribution in [2.75, 3.05) is 19.7 Å². The second kappa shape index (κ2) is 6.76. The third kappa shape index (κ3) is 2.88. The molecule has 2 aliphatic rings. The molecule has 0 radical (unpaired) electrons. The van der Waals surface area contributed by atoms with Gasteiger partial charge >= 0.3 is 5.97 Å². The van der Waals surface area contributed by atoms with E-state index in [4.69, 9.17) is 4.74 Å². The number of aromatic amines is 1. The number of piperidine rings is 1. The van der Waals surface area contributed by atoms with Gasteiger partial charge in [0.1, 0.15) is 0 Å². The predicted molar refractivity (Wildman–Crippen MR) is 97.1 cm³/mol. The van der Waals surface area contributed by atoms with Crippen LogP contribution in [-0.4, -0.2) is 52.7 Å². The first kappa shape index (κ1) is 17.1. The van der Waals surface area contributed by atoms with Crippen molar-refractivity contribution in [3.63, 3.8) is 0 Å². The monoisotopic (exact) mass is 356 g/mol. The summed E-state index contributed by atoms with van der Waals surface area (Å²) in [4.78, 5) is 29.7. The molecule has 26 heavy (non-hydrogen) atoms. The first-order valence-electron chi connectivity index (χ1n) is 9.27. The topological polar surface area (TPSA) is 82.6 Å². The van der Waals surface area contributed by atoms with Gasteiger partial charge in [-0.25, -0.2) is 0 Å². The Hall–Kier alpha value is -2.34. The molecule has 1 aromatic heterocycles. The SMILES string of the molecule is Cc1[nH]c2ccccc2c1C(=O)N1CCC([C@@H]2OCCC2C(=O)O)CC1. The van der Waals surface area contributed by atoms with Crippen LogP contribution in [0.1, 0.15) is 35.3 Å². The largest absolute Gasteiger partial charge is 0.481 e. The van der Waals surface area contributed by atoms with Crippen LogP contribution < -0.4 is 0 Å². The Bertz CT molecular complexity index is 835. The van der Waals surface area contributed by atoms with E-state index >= 15 is 0 Å². The maximum Gasteiger partial charge on any atom is 0.309 e. The lowest BCUT2D eigenvalue weighted by Gasteiger charge is -2.35. The van der Waals surface area contributed by atoms with Gasteiger partial charge < -0.3 is 19.7 Å². The number of fused-ring (bicyclic) bond motifs is 1. The molecule has 138 valence electrons. The summed E-state index contributed by atoms with van der Waals surface area (Å²) in [6.07, 6.45) is 1.97. The summed E-state index contributed by atoms with van der Waals surface area (Å²) in [6, 6.07) is 7.86. The smallest absolute Gasteiger partial charge is 0.309 e. The number of rotatable bonds is 3. The Labute approximate surface area is 152 Å². The molecule has 0 bridgehead atoms. The van der Waals surface area contributed by atoms with Crippen LogP contribution in [0.3, 0.4) is 0 Å². The molecule has 2 N–H and O–H groups in total. The lowest BCUT2D eigenvalue weighted by Crippen LogP contribution is -2.43. The molecule has 0 spiro atoms. The van der Waals surface area contributed by atoms with Crippen LogP contribution in [0, 0.1) is 18.8 Å². The van der Waals surface area contributed by atoms with Gasteiger partial charge in [-0.2, -0.15) is 0 Å². The highest BCUT2D eigenvalue weighted by atomic mass is 16.5. The number of benzene rings is 1. The number of likely N-dealkylation sites (tertiary alicyclic amines) is 1. The molecule has 1 amide bonds. The summed E-state index contributed by atoms with van der Waals surface area (Å²) >= 11 is 0. The fourth-order valence-corrected chi connectivity index (χ4v) is 4.48. The van der Waals surface area contributed by atoms with Crippen molar-refractivity contribution in [1.82, 2.24) is 9.88 Å². The molecule has 1 aromatic carbocycles. The van der Waals surface area contributed by atoms with Crippen LogP contribution in [0.25, 0.3) is 10.9 Å². The average Bonchev–Trinajstić information content (AvgIpc) is 3.25. The van der Waals surface area contributed by atoms with E-state index in [0.29, 0.717) is 26.1 Å². The third-order valence-corrected chi connectivity index (χ3v) is 5.85. The van der Waals surface area contributed by atoms with Crippen LogP contribution >= 0.6 is 0 Å². The number of aliphatic carboxylic acids is 1. The summed E-state index contributed by atoms with van der Waals surface area (Å²) in [5, 5.41) is 10.3. The molecule has 0 aliphatic carbocycles. The number of nitrogens with zero attached hydrogens (tertiary/aromatic N) is 1. The van der Waals surface area contributed by atoms with Gasteiger partial charge in [0.2, 0.25) is 0 Å². The zero-order chi connectivity index (χ0) is 18.3. The molecule has 2 aliphatic heterocycles. The van der Waals surface area contributed by atoms with E-state index in [2.05, 4.69) is 4.98 Å². The fraction of sp³-hybridized carbons (Fsp3) is 0.500. The molecule has 4 rings (SSSR count). The molecule has 6 heteroatoms. The van der Waals surface area contributed by atoms with Gasteiger partial charge in [0.05, 0.1) is 17.6 Å². The van der Waals surface area contributed by atoms with Crippen molar-refractivity contribution in [3.8, 4) is 0 Å². The highest BCUT2D eigenvalue weighted by molar-refractivity contribution is 6.08. The second-order valence-corrected chi connectivity index (χ2v) is 7.37. The Morgan fingerprint density at radius 1 is 1.19 bits per heavy atom. The number of H-pyrrole nitrogens is 1. The number of ether oxygens (including phenoxy) is 1. The lowest BCUT2D eigenvalue weighted by molar-refractivity contribution is -0.145. The number of aromatic nitrogens is 1. The van der Waals surface area contributed by atoms with E-state index in [0.717, 1.165) is 35.0 Å². The number of hydrogen-bond acceptors (Lipinski definition) is 3. The third-order valence-electron chi connectivity index (χ3n) is 5.85. The van der Waals surface area contributed by atoms with Gasteiger partial charge in [-0.1, -0.05) is 18.2 Å². The number of carboxylic acids is 1. The quantitative estimate of drug-likeness (QED) is 0.886. The Morgan fingerprint density at radius 2 is 1.92 bits per heavy atom. The first-order chi connectivity index (χ1) is 12.6. The summed E-state index contributed by atoms with van der Waals surface area (Å²) in [5.41, 5.74) is 2.62. The van der Waals surface area contributed by atoms with Crippen LogP contribution in [-0.2, 0) is 9.53 Å². The molecule has 2 fully saturated rings. The van der Waals surface area contributed by atoms with Crippen molar-refractivity contribution in [2.24, 2.45) is 11.8 Å². The van der Waals surface area contributed by atoms with Gasteiger partial charge in [-0.05, 0) is 38.2 Å². The number of para-hydroxylation sites is 1. The number of hydrogen-bond donors (Lipinski definition) is 2. The van der Waals surface area contributed by atoms with Crippen LogP contribution in [0.4, 0.5) is 0 Å². The molecular weight excluding hydrogens is 332 g/mol. The maximum atomic E-state index is 13.1. The predicted octanol–water partition coefficient (Wildman–Crippen LogP) is 2.82. The lowest BCUT2D eigenvalue weighted by atomic mass is 9.84. The summed E-state index contributed by atoms with van der Waals surface area (Å²) in [6.45, 7) is 3.75. The van der Waals surface area contributed by atoms with Gasteiger partial charge in [-0.15, -0.1) is 0 Å². The Balaban J connectivity index is 1.47. The standard InChI is InChI=1S/C20H24N2O4/c1-12-17(14-4-2-3-5-16(14)21-12)19(23)22-9-6-13(7-10-22)18-15(20(24)25)8-11-26-18/h2-5,13,15,18,21H,6-11H2,1H3,(H,24,25)/t15?,18-/m0/s1. The van der Waals surface area contributed by atoms with E-state index in [-0.39, 0.29) is 17.9 Å². The molecule has 2 aromatic rings.